The van der Waals surface area contributed by atoms with Gasteiger partial charge in [0, 0.05) is 12.6 Å². The minimum Gasteiger partial charge on any atom is -0.313 e. The fourth-order valence-electron chi connectivity index (χ4n) is 4.04. The smallest absolute Gasteiger partial charge is 0.00672 e. The first-order chi connectivity index (χ1) is 7.80. The highest BCUT2D eigenvalue weighted by atomic mass is 14.9. The van der Waals surface area contributed by atoms with Crippen LogP contribution in [0.3, 0.4) is 0 Å². The monoisotopic (exact) mass is 221 g/mol. The van der Waals surface area contributed by atoms with E-state index >= 15 is 0 Å². The minimum atomic E-state index is 0.757. The van der Waals surface area contributed by atoms with Crippen molar-refractivity contribution in [2.24, 2.45) is 17.3 Å². The van der Waals surface area contributed by atoms with Crippen LogP contribution >= 0.6 is 0 Å². The highest BCUT2D eigenvalue weighted by molar-refractivity contribution is 5.01. The first-order valence-corrected chi connectivity index (χ1v) is 7.54. The maximum Gasteiger partial charge on any atom is 0.00672 e. The molecule has 0 aromatic carbocycles. The van der Waals surface area contributed by atoms with Crippen molar-refractivity contribution in [3.8, 4) is 0 Å². The summed E-state index contributed by atoms with van der Waals surface area (Å²) in [5.41, 5.74) is 0.757. The molecule has 0 saturated heterocycles. The van der Waals surface area contributed by atoms with Gasteiger partial charge < -0.3 is 5.32 Å². The summed E-state index contributed by atoms with van der Waals surface area (Å²) >= 11 is 0. The van der Waals surface area contributed by atoms with Gasteiger partial charge in [0.15, 0.2) is 0 Å². The van der Waals surface area contributed by atoms with E-state index in [1.54, 1.807) is 0 Å². The van der Waals surface area contributed by atoms with Crippen molar-refractivity contribution in [3.63, 3.8) is 0 Å². The topological polar surface area (TPSA) is 12.0 Å². The van der Waals surface area contributed by atoms with Crippen LogP contribution in [-0.4, -0.2) is 12.6 Å². The first-order valence-electron chi connectivity index (χ1n) is 7.54. The van der Waals surface area contributed by atoms with Crippen LogP contribution in [0.15, 0.2) is 0 Å². The van der Waals surface area contributed by atoms with Gasteiger partial charge in [0.2, 0.25) is 0 Å². The molecular formula is C15H27N. The van der Waals surface area contributed by atoms with E-state index in [0.29, 0.717) is 0 Å². The van der Waals surface area contributed by atoms with E-state index in [0.717, 1.165) is 23.3 Å². The fraction of sp³-hybridized carbons (Fsp3) is 1.00. The Labute approximate surface area is 100 Å². The molecule has 0 amide bonds. The first kappa shape index (κ1) is 11.1. The molecule has 1 nitrogen and oxygen atoms in total. The standard InChI is InChI=1S/C15H27N/c1-12(13-5-2-3-6-13)16-11-15(9-4-10-15)14-7-8-14/h12-14,16H,2-11H2,1H3. The Morgan fingerprint density at radius 2 is 1.75 bits per heavy atom. The lowest BCUT2D eigenvalue weighted by Crippen LogP contribution is -2.46. The molecule has 1 atom stereocenters. The largest absolute Gasteiger partial charge is 0.313 e. The van der Waals surface area contributed by atoms with Gasteiger partial charge in [-0.25, -0.2) is 0 Å². The lowest BCUT2D eigenvalue weighted by molar-refractivity contribution is 0.0918. The van der Waals surface area contributed by atoms with Crippen molar-refractivity contribution in [2.45, 2.75) is 70.8 Å². The molecular weight excluding hydrogens is 194 g/mol. The van der Waals surface area contributed by atoms with Crippen LogP contribution in [0.5, 0.6) is 0 Å². The Hall–Kier alpha value is -0.0400. The van der Waals surface area contributed by atoms with E-state index < -0.39 is 0 Å². The van der Waals surface area contributed by atoms with Gasteiger partial charge in [-0.15, -0.1) is 0 Å². The van der Waals surface area contributed by atoms with Crippen molar-refractivity contribution < 1.29 is 0 Å². The third kappa shape index (κ3) is 2.03. The molecule has 0 bridgehead atoms. The molecule has 3 aliphatic carbocycles. The summed E-state index contributed by atoms with van der Waals surface area (Å²) in [5.74, 6) is 2.08. The molecule has 0 aromatic rings. The Kier molecular flexibility index (Phi) is 2.99. The summed E-state index contributed by atoms with van der Waals surface area (Å²) in [6.45, 7) is 3.75. The van der Waals surface area contributed by atoms with Crippen molar-refractivity contribution in [1.29, 1.82) is 0 Å². The normalized spacial score (nSPS) is 31.3. The summed E-state index contributed by atoms with van der Waals surface area (Å²) in [6.07, 6.45) is 13.5. The minimum absolute atomic E-state index is 0.757. The quantitative estimate of drug-likeness (QED) is 0.746. The maximum absolute atomic E-state index is 3.89. The van der Waals surface area contributed by atoms with Crippen molar-refractivity contribution in [2.75, 3.05) is 6.54 Å². The van der Waals surface area contributed by atoms with E-state index in [-0.39, 0.29) is 0 Å². The third-order valence-corrected chi connectivity index (χ3v) is 5.68. The van der Waals surface area contributed by atoms with E-state index in [4.69, 9.17) is 0 Å². The van der Waals surface area contributed by atoms with Crippen LogP contribution in [0, 0.1) is 17.3 Å². The SMILES string of the molecule is CC(NCC1(C2CC2)CCC1)C1CCCC1. The summed E-state index contributed by atoms with van der Waals surface area (Å²) in [5, 5.41) is 3.89. The van der Waals surface area contributed by atoms with Crippen LogP contribution in [0.2, 0.25) is 0 Å². The number of hydrogen-bond donors (Lipinski definition) is 1. The average Bonchev–Trinajstić information content (AvgIpc) is 2.92. The highest BCUT2D eigenvalue weighted by Crippen LogP contribution is 2.56. The summed E-state index contributed by atoms with van der Waals surface area (Å²) in [4.78, 5) is 0. The Morgan fingerprint density at radius 1 is 1.06 bits per heavy atom. The Balaban J connectivity index is 1.47. The molecule has 0 aromatic heterocycles. The van der Waals surface area contributed by atoms with Gasteiger partial charge in [-0.2, -0.15) is 0 Å². The van der Waals surface area contributed by atoms with Gasteiger partial charge >= 0.3 is 0 Å². The second-order valence-corrected chi connectivity index (χ2v) is 6.70. The van der Waals surface area contributed by atoms with E-state index in [9.17, 15) is 0 Å². The molecule has 16 heavy (non-hydrogen) atoms. The second kappa shape index (κ2) is 4.33. The van der Waals surface area contributed by atoms with E-state index in [2.05, 4.69) is 12.2 Å². The van der Waals surface area contributed by atoms with Crippen LogP contribution in [0.4, 0.5) is 0 Å². The molecule has 3 fully saturated rings. The predicted molar refractivity (Wildman–Crippen MR) is 68.4 cm³/mol. The van der Waals surface area contributed by atoms with Gasteiger partial charge in [-0.3, -0.25) is 0 Å². The fourth-order valence-corrected chi connectivity index (χ4v) is 4.04. The van der Waals surface area contributed by atoms with Crippen molar-refractivity contribution in [1.82, 2.24) is 5.32 Å². The van der Waals surface area contributed by atoms with Gasteiger partial charge in [0.1, 0.15) is 0 Å². The van der Waals surface area contributed by atoms with Crippen molar-refractivity contribution in [3.05, 3.63) is 0 Å². The molecule has 0 spiro atoms. The van der Waals surface area contributed by atoms with Crippen LogP contribution in [0.1, 0.15) is 64.7 Å². The highest BCUT2D eigenvalue weighted by Gasteiger charge is 2.48. The van der Waals surface area contributed by atoms with E-state index in [1.807, 2.05) is 0 Å². The van der Waals surface area contributed by atoms with Gasteiger partial charge in [-0.1, -0.05) is 19.3 Å². The van der Waals surface area contributed by atoms with Crippen LogP contribution < -0.4 is 5.32 Å². The zero-order chi connectivity index (χ0) is 11.0. The third-order valence-electron chi connectivity index (χ3n) is 5.68. The zero-order valence-corrected chi connectivity index (χ0v) is 10.8. The molecule has 3 aliphatic rings. The van der Waals surface area contributed by atoms with E-state index in [1.165, 1.54) is 64.3 Å². The molecule has 0 radical (unpaired) electrons. The Morgan fingerprint density at radius 3 is 2.25 bits per heavy atom. The molecule has 3 rings (SSSR count). The second-order valence-electron chi connectivity index (χ2n) is 6.70. The zero-order valence-electron chi connectivity index (χ0n) is 10.8. The number of hydrogen-bond acceptors (Lipinski definition) is 1. The van der Waals surface area contributed by atoms with Crippen LogP contribution in [-0.2, 0) is 0 Å². The summed E-state index contributed by atoms with van der Waals surface area (Å²) in [6, 6.07) is 0.777. The lowest BCUT2D eigenvalue weighted by atomic mass is 9.65. The maximum atomic E-state index is 3.89. The van der Waals surface area contributed by atoms with Crippen LogP contribution in [0.25, 0.3) is 0 Å². The van der Waals surface area contributed by atoms with Gasteiger partial charge in [0.25, 0.3) is 0 Å². The molecule has 1 N–H and O–H groups in total. The molecule has 1 heteroatoms. The number of rotatable bonds is 5. The van der Waals surface area contributed by atoms with Crippen molar-refractivity contribution >= 4 is 0 Å². The predicted octanol–water partition coefficient (Wildman–Crippen LogP) is 3.74. The van der Waals surface area contributed by atoms with Gasteiger partial charge in [-0.05, 0) is 62.7 Å². The molecule has 3 saturated carbocycles. The van der Waals surface area contributed by atoms with Gasteiger partial charge in [0.05, 0.1) is 0 Å². The summed E-state index contributed by atoms with van der Waals surface area (Å²) in [7, 11) is 0. The Bertz CT molecular complexity index is 234. The number of nitrogens with one attached hydrogen (secondary N) is 1. The molecule has 0 heterocycles. The molecule has 1 unspecified atom stereocenters. The summed E-state index contributed by atoms with van der Waals surface area (Å²) < 4.78 is 0. The average molecular weight is 221 g/mol. The molecule has 92 valence electrons. The lowest BCUT2D eigenvalue weighted by Gasteiger charge is -2.44. The molecule has 0 aliphatic heterocycles.